The summed E-state index contributed by atoms with van der Waals surface area (Å²) in [6.07, 6.45) is 7.78. The average Bonchev–Trinajstić information content (AvgIpc) is 1.80. The fourth-order valence-electron chi connectivity index (χ4n) is 0.684. The Bertz CT molecular complexity index is 74.6. The van der Waals surface area contributed by atoms with E-state index in [4.69, 9.17) is 11.6 Å². The molecule has 9 heavy (non-hydrogen) atoms. The maximum atomic E-state index is 5.73. The molecule has 1 atom stereocenters. The first-order chi connectivity index (χ1) is 4.27. The van der Waals surface area contributed by atoms with Crippen LogP contribution >= 0.6 is 11.6 Å². The van der Waals surface area contributed by atoms with E-state index >= 15 is 0 Å². The fraction of sp³-hybridized carbons (Fsp3) is 0.750. The Morgan fingerprint density at radius 1 is 1.56 bits per heavy atom. The van der Waals surface area contributed by atoms with E-state index in [0.717, 1.165) is 6.42 Å². The van der Waals surface area contributed by atoms with Gasteiger partial charge in [0.05, 0.1) is 0 Å². The Kier molecular flexibility index (Phi) is 6.18. The van der Waals surface area contributed by atoms with Crippen molar-refractivity contribution in [2.45, 2.75) is 38.5 Å². The largest absolute Gasteiger partial charge is 0.123 e. The summed E-state index contributed by atoms with van der Waals surface area (Å²) in [6.45, 7) is 4.08. The molecule has 0 aromatic rings. The minimum atomic E-state index is 0.343. The lowest BCUT2D eigenvalue weighted by molar-refractivity contribution is 0.735. The molecule has 0 nitrogen and oxygen atoms in total. The van der Waals surface area contributed by atoms with E-state index in [1.807, 2.05) is 13.8 Å². The molecule has 0 fully saturated rings. The van der Waals surface area contributed by atoms with E-state index in [1.54, 1.807) is 0 Å². The molecule has 0 aliphatic rings. The maximum Gasteiger partial charge on any atom is 0.0307 e. The van der Waals surface area contributed by atoms with Crippen molar-refractivity contribution in [3.05, 3.63) is 12.2 Å². The second-order valence-electron chi connectivity index (χ2n) is 2.28. The molecule has 0 N–H and O–H groups in total. The second-order valence-corrected chi connectivity index (χ2v) is 3.03. The highest BCUT2D eigenvalue weighted by atomic mass is 35.5. The number of alkyl halides is 1. The van der Waals surface area contributed by atoms with E-state index in [2.05, 4.69) is 12.2 Å². The van der Waals surface area contributed by atoms with Gasteiger partial charge in [-0.05, 0) is 33.1 Å². The predicted molar refractivity (Wildman–Crippen MR) is 44.0 cm³/mol. The van der Waals surface area contributed by atoms with Crippen LogP contribution in [0.5, 0.6) is 0 Å². The van der Waals surface area contributed by atoms with E-state index in [0.29, 0.717) is 5.38 Å². The van der Waals surface area contributed by atoms with Crippen molar-refractivity contribution in [1.82, 2.24) is 0 Å². The summed E-state index contributed by atoms with van der Waals surface area (Å²) in [4.78, 5) is 0. The van der Waals surface area contributed by atoms with Gasteiger partial charge < -0.3 is 0 Å². The number of rotatable bonds is 4. The van der Waals surface area contributed by atoms with Crippen molar-refractivity contribution in [3.63, 3.8) is 0 Å². The summed E-state index contributed by atoms with van der Waals surface area (Å²) in [5.41, 5.74) is 0. The van der Waals surface area contributed by atoms with Crippen molar-refractivity contribution in [1.29, 1.82) is 0 Å². The number of allylic oxidation sites excluding steroid dienone is 2. The van der Waals surface area contributed by atoms with Crippen molar-refractivity contribution in [2.75, 3.05) is 0 Å². The van der Waals surface area contributed by atoms with Crippen molar-refractivity contribution in [2.24, 2.45) is 0 Å². The quantitative estimate of drug-likeness (QED) is 0.324. The average molecular weight is 147 g/mol. The van der Waals surface area contributed by atoms with E-state index in [9.17, 15) is 0 Å². The maximum absolute atomic E-state index is 5.73. The van der Waals surface area contributed by atoms with Crippen LogP contribution in [0.15, 0.2) is 12.2 Å². The Balaban J connectivity index is 2.91. The topological polar surface area (TPSA) is 0 Å². The lowest BCUT2D eigenvalue weighted by Gasteiger charge is -1.97. The molecule has 0 aliphatic carbocycles. The first kappa shape index (κ1) is 9.03. The Labute approximate surface area is 62.9 Å². The van der Waals surface area contributed by atoms with Crippen LogP contribution in [0.25, 0.3) is 0 Å². The molecule has 0 aromatic carbocycles. The highest BCUT2D eigenvalue weighted by Gasteiger charge is 1.92. The minimum Gasteiger partial charge on any atom is -0.123 e. The van der Waals surface area contributed by atoms with Gasteiger partial charge in [0, 0.05) is 5.38 Å². The number of halogens is 1. The molecule has 0 radical (unpaired) electrons. The molecule has 0 rings (SSSR count). The Hall–Kier alpha value is 0.0300. The van der Waals surface area contributed by atoms with Crippen molar-refractivity contribution < 1.29 is 0 Å². The molecule has 0 heterocycles. The molecule has 0 amide bonds. The predicted octanol–water partition coefficient (Wildman–Crippen LogP) is 3.36. The van der Waals surface area contributed by atoms with Crippen LogP contribution in [0, 0.1) is 0 Å². The van der Waals surface area contributed by atoms with E-state index < -0.39 is 0 Å². The molecule has 54 valence electrons. The zero-order valence-corrected chi connectivity index (χ0v) is 6.99. The van der Waals surface area contributed by atoms with Gasteiger partial charge in [-0.1, -0.05) is 12.2 Å². The molecular formula is C8H15Cl. The van der Waals surface area contributed by atoms with Gasteiger partial charge in [-0.15, -0.1) is 11.6 Å². The summed E-state index contributed by atoms with van der Waals surface area (Å²) >= 11 is 5.73. The molecule has 1 heteroatoms. The van der Waals surface area contributed by atoms with Crippen LogP contribution in [-0.2, 0) is 0 Å². The summed E-state index contributed by atoms with van der Waals surface area (Å²) in [7, 11) is 0. The van der Waals surface area contributed by atoms with Crippen molar-refractivity contribution in [3.8, 4) is 0 Å². The van der Waals surface area contributed by atoms with Gasteiger partial charge in [0.15, 0.2) is 0 Å². The smallest absolute Gasteiger partial charge is 0.0307 e. The summed E-state index contributed by atoms with van der Waals surface area (Å²) in [6, 6.07) is 0. The monoisotopic (exact) mass is 146 g/mol. The Morgan fingerprint density at radius 2 is 2.22 bits per heavy atom. The zero-order chi connectivity index (χ0) is 7.11. The molecule has 0 spiro atoms. The van der Waals surface area contributed by atoms with Gasteiger partial charge >= 0.3 is 0 Å². The zero-order valence-electron chi connectivity index (χ0n) is 6.23. The lowest BCUT2D eigenvalue weighted by Crippen LogP contribution is -1.88. The minimum absolute atomic E-state index is 0.343. The number of hydrogen-bond acceptors (Lipinski definition) is 0. The van der Waals surface area contributed by atoms with E-state index in [1.165, 1.54) is 12.8 Å². The summed E-state index contributed by atoms with van der Waals surface area (Å²) in [5.74, 6) is 0. The third-order valence-corrected chi connectivity index (χ3v) is 1.43. The molecule has 0 aliphatic heterocycles. The normalized spacial score (nSPS) is 14.6. The molecule has 1 unspecified atom stereocenters. The number of unbranched alkanes of at least 4 members (excludes halogenated alkanes) is 1. The third kappa shape index (κ3) is 8.03. The molecule has 0 saturated carbocycles. The van der Waals surface area contributed by atoms with Gasteiger partial charge in [-0.2, -0.15) is 0 Å². The first-order valence-electron chi connectivity index (χ1n) is 3.52. The van der Waals surface area contributed by atoms with Crippen LogP contribution in [0.2, 0.25) is 0 Å². The Morgan fingerprint density at radius 3 is 2.67 bits per heavy atom. The van der Waals surface area contributed by atoms with E-state index in [-0.39, 0.29) is 0 Å². The lowest BCUT2D eigenvalue weighted by atomic mass is 10.2. The van der Waals surface area contributed by atoms with Crippen molar-refractivity contribution >= 4 is 11.6 Å². The van der Waals surface area contributed by atoms with Crippen LogP contribution in [-0.4, -0.2) is 5.38 Å². The highest BCUT2D eigenvalue weighted by Crippen LogP contribution is 2.05. The molecular weight excluding hydrogens is 132 g/mol. The van der Waals surface area contributed by atoms with Gasteiger partial charge in [0.25, 0.3) is 0 Å². The fourth-order valence-corrected chi connectivity index (χ4v) is 0.838. The molecule has 0 bridgehead atoms. The summed E-state index contributed by atoms with van der Waals surface area (Å²) < 4.78 is 0. The van der Waals surface area contributed by atoms with Crippen LogP contribution in [0.4, 0.5) is 0 Å². The van der Waals surface area contributed by atoms with Crippen LogP contribution < -0.4 is 0 Å². The van der Waals surface area contributed by atoms with Crippen LogP contribution in [0.3, 0.4) is 0 Å². The van der Waals surface area contributed by atoms with Gasteiger partial charge in [0.2, 0.25) is 0 Å². The van der Waals surface area contributed by atoms with Gasteiger partial charge in [0.1, 0.15) is 0 Å². The second kappa shape index (κ2) is 6.15. The molecule has 0 aromatic heterocycles. The highest BCUT2D eigenvalue weighted by molar-refractivity contribution is 6.20. The van der Waals surface area contributed by atoms with Gasteiger partial charge in [-0.25, -0.2) is 0 Å². The summed E-state index contributed by atoms with van der Waals surface area (Å²) in [5, 5.41) is 0.343. The third-order valence-electron chi connectivity index (χ3n) is 1.21. The first-order valence-corrected chi connectivity index (χ1v) is 3.96. The SMILES string of the molecule is CC=CCCCC(C)Cl. The molecule has 0 saturated heterocycles. The standard InChI is InChI=1S/C8H15Cl/c1-3-4-5-6-7-8(2)9/h3-4,8H,5-7H2,1-2H3. The van der Waals surface area contributed by atoms with Gasteiger partial charge in [-0.3, -0.25) is 0 Å². The van der Waals surface area contributed by atoms with Crippen LogP contribution in [0.1, 0.15) is 33.1 Å². The number of hydrogen-bond donors (Lipinski definition) is 0.